The third-order valence-electron chi connectivity index (χ3n) is 8.60. The minimum absolute atomic E-state index is 0.569. The van der Waals surface area contributed by atoms with Crippen LogP contribution < -0.4 is 5.32 Å². The second-order valence-corrected chi connectivity index (χ2v) is 10.6. The Labute approximate surface area is 172 Å². The van der Waals surface area contributed by atoms with Crippen molar-refractivity contribution in [2.75, 3.05) is 13.1 Å². The molecule has 0 aromatic heterocycles. The SMILES string of the molecule is CC(=O)O.CC(C)C1CCC2C(C1)CC(C1=NCCN1)C1C(C)CCCC21C. The summed E-state index contributed by atoms with van der Waals surface area (Å²) in [6.07, 6.45) is 10.3. The molecule has 0 radical (unpaired) electrons. The predicted octanol–water partition coefficient (Wildman–Crippen LogP) is 5.23. The molecule has 160 valence electrons. The molecule has 3 aliphatic carbocycles. The van der Waals surface area contributed by atoms with E-state index in [-0.39, 0.29) is 0 Å². The number of hydrogen-bond donors (Lipinski definition) is 2. The highest BCUT2D eigenvalue weighted by Crippen LogP contribution is 2.63. The van der Waals surface area contributed by atoms with E-state index in [2.05, 4.69) is 33.0 Å². The van der Waals surface area contributed by atoms with Crippen LogP contribution in [0.15, 0.2) is 4.99 Å². The Balaban J connectivity index is 0.000000516. The lowest BCUT2D eigenvalue weighted by atomic mass is 9.44. The van der Waals surface area contributed by atoms with Crippen LogP contribution in [0.3, 0.4) is 0 Å². The zero-order valence-electron chi connectivity index (χ0n) is 18.7. The largest absolute Gasteiger partial charge is 0.481 e. The number of carboxylic acid groups (broad SMARTS) is 1. The Kier molecular flexibility index (Phi) is 6.76. The molecule has 0 aromatic carbocycles. The number of aliphatic imine (C=N–C) groups is 1. The molecule has 0 aromatic rings. The van der Waals surface area contributed by atoms with Crippen LogP contribution in [0.4, 0.5) is 0 Å². The van der Waals surface area contributed by atoms with Crippen LogP contribution >= 0.6 is 0 Å². The van der Waals surface area contributed by atoms with Gasteiger partial charge in [0.25, 0.3) is 5.97 Å². The van der Waals surface area contributed by atoms with Crippen LogP contribution in [0.5, 0.6) is 0 Å². The van der Waals surface area contributed by atoms with E-state index < -0.39 is 5.97 Å². The van der Waals surface area contributed by atoms with Crippen molar-refractivity contribution >= 4 is 11.8 Å². The van der Waals surface area contributed by atoms with Crippen molar-refractivity contribution in [3.05, 3.63) is 0 Å². The van der Waals surface area contributed by atoms with E-state index in [0.717, 1.165) is 61.4 Å². The van der Waals surface area contributed by atoms with Crippen molar-refractivity contribution in [3.63, 3.8) is 0 Å². The number of fused-ring (bicyclic) bond motifs is 3. The van der Waals surface area contributed by atoms with E-state index in [1.807, 2.05) is 0 Å². The molecule has 7 atom stereocenters. The lowest BCUT2D eigenvalue weighted by Crippen LogP contribution is -2.56. The lowest BCUT2D eigenvalue weighted by Gasteiger charge is -2.61. The van der Waals surface area contributed by atoms with Crippen molar-refractivity contribution in [1.29, 1.82) is 0 Å². The van der Waals surface area contributed by atoms with Crippen molar-refractivity contribution in [2.24, 2.45) is 51.8 Å². The van der Waals surface area contributed by atoms with Gasteiger partial charge >= 0.3 is 0 Å². The quantitative estimate of drug-likeness (QED) is 0.678. The molecule has 7 unspecified atom stereocenters. The van der Waals surface area contributed by atoms with Crippen LogP contribution in [-0.4, -0.2) is 30.0 Å². The molecule has 0 spiro atoms. The molecule has 28 heavy (non-hydrogen) atoms. The molecule has 4 rings (SSSR count). The van der Waals surface area contributed by atoms with Gasteiger partial charge in [-0.05, 0) is 73.0 Å². The second kappa shape index (κ2) is 8.75. The number of amidine groups is 1. The van der Waals surface area contributed by atoms with Crippen LogP contribution in [0.25, 0.3) is 0 Å². The highest BCUT2D eigenvalue weighted by Gasteiger charge is 2.57. The second-order valence-electron chi connectivity index (χ2n) is 10.6. The average Bonchev–Trinajstić information content (AvgIpc) is 3.14. The molecular weight excluding hydrogens is 348 g/mol. The van der Waals surface area contributed by atoms with E-state index in [4.69, 9.17) is 14.9 Å². The Bertz CT molecular complexity index is 583. The van der Waals surface area contributed by atoms with Crippen molar-refractivity contribution in [2.45, 2.75) is 79.6 Å². The van der Waals surface area contributed by atoms with Gasteiger partial charge in [-0.1, -0.05) is 40.5 Å². The van der Waals surface area contributed by atoms with Gasteiger partial charge in [0.2, 0.25) is 0 Å². The molecule has 1 aliphatic heterocycles. The Morgan fingerprint density at radius 2 is 1.96 bits per heavy atom. The van der Waals surface area contributed by atoms with Gasteiger partial charge in [0, 0.05) is 19.4 Å². The van der Waals surface area contributed by atoms with E-state index in [1.54, 1.807) is 0 Å². The van der Waals surface area contributed by atoms with Crippen molar-refractivity contribution in [1.82, 2.24) is 5.32 Å². The van der Waals surface area contributed by atoms with E-state index >= 15 is 0 Å². The minimum atomic E-state index is -0.833. The Morgan fingerprint density at radius 1 is 1.25 bits per heavy atom. The molecule has 0 saturated heterocycles. The zero-order chi connectivity index (χ0) is 20.5. The number of hydrogen-bond acceptors (Lipinski definition) is 3. The fourth-order valence-electron chi connectivity index (χ4n) is 7.54. The van der Waals surface area contributed by atoms with E-state index in [0.29, 0.717) is 5.41 Å². The summed E-state index contributed by atoms with van der Waals surface area (Å²) >= 11 is 0. The molecule has 0 amide bonds. The van der Waals surface area contributed by atoms with Gasteiger partial charge in [-0.2, -0.15) is 0 Å². The molecule has 0 bridgehead atoms. The van der Waals surface area contributed by atoms with Crippen molar-refractivity contribution in [3.8, 4) is 0 Å². The topological polar surface area (TPSA) is 61.7 Å². The van der Waals surface area contributed by atoms with Crippen LogP contribution in [0.2, 0.25) is 0 Å². The molecule has 4 heteroatoms. The number of nitrogens with one attached hydrogen (secondary N) is 1. The van der Waals surface area contributed by atoms with Crippen LogP contribution in [-0.2, 0) is 4.79 Å². The van der Waals surface area contributed by atoms with Gasteiger partial charge in [0.05, 0.1) is 12.4 Å². The number of carboxylic acids is 1. The summed E-state index contributed by atoms with van der Waals surface area (Å²) in [5.74, 6) is 6.79. The maximum Gasteiger partial charge on any atom is 0.300 e. The average molecular weight is 391 g/mol. The molecule has 3 fully saturated rings. The maximum absolute atomic E-state index is 9.00. The standard InChI is InChI=1S/C22H38N2.C2H4O2/c1-14(2)16-7-8-19-17(12-16)13-18(21-23-10-11-24-21)20-15(3)6-5-9-22(19,20)4;1-2(3)4/h14-20H,5-13H2,1-4H3,(H,23,24);1H3,(H,3,4). The normalized spacial score (nSPS) is 42.4. The summed E-state index contributed by atoms with van der Waals surface area (Å²) in [6, 6.07) is 0. The zero-order valence-corrected chi connectivity index (χ0v) is 18.7. The molecule has 4 nitrogen and oxygen atoms in total. The highest BCUT2D eigenvalue weighted by atomic mass is 16.4. The predicted molar refractivity (Wildman–Crippen MR) is 115 cm³/mol. The first-order valence-corrected chi connectivity index (χ1v) is 11.7. The van der Waals surface area contributed by atoms with Gasteiger partial charge < -0.3 is 10.4 Å². The van der Waals surface area contributed by atoms with Gasteiger partial charge in [-0.3, -0.25) is 9.79 Å². The van der Waals surface area contributed by atoms with E-state index in [9.17, 15) is 0 Å². The first kappa shape index (κ1) is 21.6. The Morgan fingerprint density at radius 3 is 2.57 bits per heavy atom. The van der Waals surface area contributed by atoms with Crippen LogP contribution in [0, 0.1) is 46.8 Å². The summed E-state index contributed by atoms with van der Waals surface area (Å²) in [6.45, 7) is 13.3. The summed E-state index contributed by atoms with van der Waals surface area (Å²) in [7, 11) is 0. The summed E-state index contributed by atoms with van der Waals surface area (Å²) < 4.78 is 0. The fourth-order valence-corrected chi connectivity index (χ4v) is 7.54. The molecular formula is C24H42N2O2. The first-order valence-electron chi connectivity index (χ1n) is 11.7. The number of carbonyl (C=O) groups is 1. The maximum atomic E-state index is 9.00. The monoisotopic (exact) mass is 390 g/mol. The first-order chi connectivity index (χ1) is 13.2. The third kappa shape index (κ3) is 4.26. The van der Waals surface area contributed by atoms with Gasteiger partial charge in [0.1, 0.15) is 0 Å². The minimum Gasteiger partial charge on any atom is -0.481 e. The smallest absolute Gasteiger partial charge is 0.300 e. The number of aliphatic carboxylic acids is 1. The summed E-state index contributed by atoms with van der Waals surface area (Å²) in [5.41, 5.74) is 0.569. The van der Waals surface area contributed by atoms with Gasteiger partial charge in [-0.25, -0.2) is 0 Å². The summed E-state index contributed by atoms with van der Waals surface area (Å²) in [4.78, 5) is 13.9. The number of nitrogens with zero attached hydrogens (tertiary/aromatic N) is 1. The van der Waals surface area contributed by atoms with Gasteiger partial charge in [-0.15, -0.1) is 0 Å². The molecule has 1 heterocycles. The molecule has 4 aliphatic rings. The Hall–Kier alpha value is -1.06. The van der Waals surface area contributed by atoms with Gasteiger partial charge in [0.15, 0.2) is 0 Å². The van der Waals surface area contributed by atoms with E-state index in [1.165, 1.54) is 50.8 Å². The highest BCUT2D eigenvalue weighted by molar-refractivity contribution is 5.86. The molecule has 2 N–H and O–H groups in total. The fraction of sp³-hybridized carbons (Fsp3) is 0.917. The third-order valence-corrected chi connectivity index (χ3v) is 8.60. The van der Waals surface area contributed by atoms with Crippen LogP contribution in [0.1, 0.15) is 79.6 Å². The lowest BCUT2D eigenvalue weighted by molar-refractivity contribution is -0.134. The summed E-state index contributed by atoms with van der Waals surface area (Å²) in [5, 5.41) is 11.1. The molecule has 3 saturated carbocycles. The van der Waals surface area contributed by atoms with Crippen molar-refractivity contribution < 1.29 is 9.90 Å². The number of rotatable bonds is 2.